The molecule has 0 aliphatic carbocycles. The molecule has 1 amide bonds. The van der Waals surface area contributed by atoms with Gasteiger partial charge in [-0.15, -0.1) is 0 Å². The highest BCUT2D eigenvalue weighted by Gasteiger charge is 2.21. The van der Waals surface area contributed by atoms with Crippen LogP contribution < -0.4 is 10.1 Å². The Morgan fingerprint density at radius 1 is 1.24 bits per heavy atom. The van der Waals surface area contributed by atoms with Gasteiger partial charge in [0.2, 0.25) is 0 Å². The molecule has 21 heavy (non-hydrogen) atoms. The molecule has 0 saturated heterocycles. The fourth-order valence-corrected chi connectivity index (χ4v) is 2.09. The molecule has 116 valence electrons. The molecule has 1 aromatic rings. The molecule has 1 rings (SSSR count). The van der Waals surface area contributed by atoms with Crippen LogP contribution in [0.25, 0.3) is 0 Å². The van der Waals surface area contributed by atoms with Crippen LogP contribution >= 0.6 is 0 Å². The number of carbonyl (C=O) groups excluding carboxylic acids is 1. The minimum absolute atomic E-state index is 0.186. The molecule has 0 radical (unpaired) electrons. The predicted molar refractivity (Wildman–Crippen MR) is 80.4 cm³/mol. The largest absolute Gasteiger partial charge is 0.483 e. The summed E-state index contributed by atoms with van der Waals surface area (Å²) in [4.78, 5) is 22.9. The number of carbonyl (C=O) groups is 2. The van der Waals surface area contributed by atoms with Crippen LogP contribution in [0.3, 0.4) is 0 Å². The molecule has 5 heteroatoms. The number of carboxylic acids is 1. The van der Waals surface area contributed by atoms with E-state index in [-0.39, 0.29) is 12.5 Å². The predicted octanol–water partition coefficient (Wildman–Crippen LogP) is 2.30. The summed E-state index contributed by atoms with van der Waals surface area (Å²) in [6.07, 6.45) is 0.393. The third-order valence-electron chi connectivity index (χ3n) is 3.10. The van der Waals surface area contributed by atoms with Crippen molar-refractivity contribution < 1.29 is 19.4 Å². The van der Waals surface area contributed by atoms with E-state index in [2.05, 4.69) is 5.32 Å². The summed E-state index contributed by atoms with van der Waals surface area (Å²) < 4.78 is 5.51. The summed E-state index contributed by atoms with van der Waals surface area (Å²) in [7, 11) is 0. The molecule has 0 saturated carbocycles. The first-order valence-electron chi connectivity index (χ1n) is 7.02. The normalized spacial score (nSPS) is 12.0. The second-order valence-corrected chi connectivity index (χ2v) is 5.60. The Morgan fingerprint density at radius 3 is 2.29 bits per heavy atom. The summed E-state index contributed by atoms with van der Waals surface area (Å²) in [6, 6.07) is 4.85. The number of aliphatic carboxylic acids is 1. The minimum Gasteiger partial charge on any atom is -0.483 e. The van der Waals surface area contributed by atoms with Crippen molar-refractivity contribution in [3.63, 3.8) is 0 Å². The molecule has 1 unspecified atom stereocenters. The zero-order chi connectivity index (χ0) is 16.0. The van der Waals surface area contributed by atoms with Crippen LogP contribution in [0.1, 0.15) is 31.4 Å². The van der Waals surface area contributed by atoms with Crippen LogP contribution in [0.15, 0.2) is 18.2 Å². The van der Waals surface area contributed by atoms with Gasteiger partial charge in [-0.05, 0) is 37.3 Å². The molecule has 0 aliphatic rings. The molecule has 1 aromatic carbocycles. The van der Waals surface area contributed by atoms with Crippen LogP contribution in [0.2, 0.25) is 0 Å². The van der Waals surface area contributed by atoms with Crippen molar-refractivity contribution in [2.24, 2.45) is 5.92 Å². The monoisotopic (exact) mass is 293 g/mol. The maximum atomic E-state index is 11.8. The quantitative estimate of drug-likeness (QED) is 0.809. The lowest BCUT2D eigenvalue weighted by Crippen LogP contribution is -2.43. The Bertz CT molecular complexity index is 491. The summed E-state index contributed by atoms with van der Waals surface area (Å²) in [5, 5.41) is 11.6. The second-order valence-electron chi connectivity index (χ2n) is 5.60. The standard InChI is InChI=1S/C16H23NO4/c1-10(2)8-13(16(19)20)17-14(18)9-21-15-11(3)6-5-7-12(15)4/h5-7,10,13H,8-9H2,1-4H3,(H,17,18)(H,19,20). The number of nitrogens with one attached hydrogen (secondary N) is 1. The van der Waals surface area contributed by atoms with Crippen molar-refractivity contribution in [3.8, 4) is 5.75 Å². The fourth-order valence-electron chi connectivity index (χ4n) is 2.09. The second kappa shape index (κ2) is 7.67. The highest BCUT2D eigenvalue weighted by molar-refractivity contribution is 5.84. The van der Waals surface area contributed by atoms with E-state index in [0.29, 0.717) is 12.2 Å². The summed E-state index contributed by atoms with van der Waals surface area (Å²) >= 11 is 0. The smallest absolute Gasteiger partial charge is 0.326 e. The first-order valence-corrected chi connectivity index (χ1v) is 7.02. The van der Waals surface area contributed by atoms with Crippen molar-refractivity contribution in [3.05, 3.63) is 29.3 Å². The average molecular weight is 293 g/mol. The molecule has 1 atom stereocenters. The summed E-state index contributed by atoms with van der Waals surface area (Å²) in [5.41, 5.74) is 1.89. The van der Waals surface area contributed by atoms with E-state index in [0.717, 1.165) is 11.1 Å². The summed E-state index contributed by atoms with van der Waals surface area (Å²) in [5.74, 6) is -0.593. The van der Waals surface area contributed by atoms with Gasteiger partial charge in [0.25, 0.3) is 5.91 Å². The Labute approximate surface area is 125 Å². The van der Waals surface area contributed by atoms with Crippen molar-refractivity contribution in [1.82, 2.24) is 5.32 Å². The molecule has 0 spiro atoms. The van der Waals surface area contributed by atoms with Crippen molar-refractivity contribution in [2.45, 2.75) is 40.2 Å². The molecule has 0 bridgehead atoms. The lowest BCUT2D eigenvalue weighted by atomic mass is 10.0. The van der Waals surface area contributed by atoms with Crippen LogP contribution in [-0.2, 0) is 9.59 Å². The van der Waals surface area contributed by atoms with Gasteiger partial charge < -0.3 is 15.2 Å². The van der Waals surface area contributed by atoms with Crippen molar-refractivity contribution in [1.29, 1.82) is 0 Å². The van der Waals surface area contributed by atoms with E-state index < -0.39 is 17.9 Å². The lowest BCUT2D eigenvalue weighted by molar-refractivity contribution is -0.142. The van der Waals surface area contributed by atoms with E-state index >= 15 is 0 Å². The maximum absolute atomic E-state index is 11.8. The van der Waals surface area contributed by atoms with Crippen LogP contribution in [0, 0.1) is 19.8 Å². The zero-order valence-corrected chi connectivity index (χ0v) is 13.0. The van der Waals surface area contributed by atoms with Gasteiger partial charge in [-0.25, -0.2) is 4.79 Å². The average Bonchev–Trinajstić information content (AvgIpc) is 2.36. The van der Waals surface area contributed by atoms with Crippen molar-refractivity contribution in [2.75, 3.05) is 6.61 Å². The van der Waals surface area contributed by atoms with Gasteiger partial charge in [0, 0.05) is 0 Å². The molecule has 5 nitrogen and oxygen atoms in total. The molecule has 2 N–H and O–H groups in total. The van der Waals surface area contributed by atoms with E-state index in [9.17, 15) is 9.59 Å². The number of aryl methyl sites for hydroxylation is 2. The zero-order valence-electron chi connectivity index (χ0n) is 13.0. The van der Waals surface area contributed by atoms with E-state index in [1.807, 2.05) is 45.9 Å². The number of carboxylic acid groups (broad SMARTS) is 1. The van der Waals surface area contributed by atoms with Gasteiger partial charge in [-0.2, -0.15) is 0 Å². The highest BCUT2D eigenvalue weighted by Crippen LogP contribution is 2.22. The van der Waals surface area contributed by atoms with Crippen molar-refractivity contribution >= 4 is 11.9 Å². The van der Waals surface area contributed by atoms with Crippen LogP contribution in [0.5, 0.6) is 5.75 Å². The van der Waals surface area contributed by atoms with Crippen LogP contribution in [0.4, 0.5) is 0 Å². The van der Waals surface area contributed by atoms with Gasteiger partial charge in [0.15, 0.2) is 6.61 Å². The number of hydrogen-bond acceptors (Lipinski definition) is 3. The molecular weight excluding hydrogens is 270 g/mol. The Kier molecular flexibility index (Phi) is 6.21. The first-order chi connectivity index (χ1) is 9.81. The maximum Gasteiger partial charge on any atom is 0.326 e. The topological polar surface area (TPSA) is 75.6 Å². The number of rotatable bonds is 7. The number of hydrogen-bond donors (Lipinski definition) is 2. The van der Waals surface area contributed by atoms with Gasteiger partial charge in [-0.1, -0.05) is 32.0 Å². The Hall–Kier alpha value is -2.04. The fraction of sp³-hybridized carbons (Fsp3) is 0.500. The first kappa shape index (κ1) is 17.0. The number of ether oxygens (including phenoxy) is 1. The van der Waals surface area contributed by atoms with Gasteiger partial charge in [0.05, 0.1) is 0 Å². The van der Waals surface area contributed by atoms with E-state index in [4.69, 9.17) is 9.84 Å². The Balaban J connectivity index is 2.59. The van der Waals surface area contributed by atoms with Gasteiger partial charge in [-0.3, -0.25) is 4.79 Å². The third-order valence-corrected chi connectivity index (χ3v) is 3.10. The lowest BCUT2D eigenvalue weighted by Gasteiger charge is -2.17. The number of amides is 1. The Morgan fingerprint density at radius 2 is 1.81 bits per heavy atom. The molecular formula is C16H23NO4. The summed E-state index contributed by atoms with van der Waals surface area (Å²) in [6.45, 7) is 7.44. The third kappa shape index (κ3) is 5.45. The SMILES string of the molecule is Cc1cccc(C)c1OCC(=O)NC(CC(C)C)C(=O)O. The number of benzene rings is 1. The van der Waals surface area contributed by atoms with E-state index in [1.165, 1.54) is 0 Å². The molecule has 0 heterocycles. The molecule has 0 aromatic heterocycles. The van der Waals surface area contributed by atoms with Crippen LogP contribution in [-0.4, -0.2) is 29.6 Å². The molecule has 0 aliphatic heterocycles. The number of para-hydroxylation sites is 1. The van der Waals surface area contributed by atoms with Gasteiger partial charge in [0.1, 0.15) is 11.8 Å². The molecule has 0 fully saturated rings. The van der Waals surface area contributed by atoms with E-state index in [1.54, 1.807) is 0 Å². The highest BCUT2D eigenvalue weighted by atomic mass is 16.5. The minimum atomic E-state index is -1.02. The van der Waals surface area contributed by atoms with Gasteiger partial charge >= 0.3 is 5.97 Å².